The summed E-state index contributed by atoms with van der Waals surface area (Å²) in [5.41, 5.74) is 0.959. The van der Waals surface area contributed by atoms with Gasteiger partial charge in [-0.25, -0.2) is 4.79 Å². The van der Waals surface area contributed by atoms with Gasteiger partial charge in [0.1, 0.15) is 12.4 Å². The minimum absolute atomic E-state index is 0.000565. The van der Waals surface area contributed by atoms with E-state index in [1.165, 1.54) is 4.90 Å². The van der Waals surface area contributed by atoms with Gasteiger partial charge in [-0.05, 0) is 24.2 Å². The number of rotatable bonds is 7. The number of ether oxygens (including phenoxy) is 2. The van der Waals surface area contributed by atoms with Crippen LogP contribution in [0.5, 0.6) is 5.75 Å². The zero-order chi connectivity index (χ0) is 19.5. The molecule has 2 rings (SSSR count). The monoisotopic (exact) mass is 381 g/mol. The van der Waals surface area contributed by atoms with Crippen LogP contribution in [0.3, 0.4) is 0 Å². The van der Waals surface area contributed by atoms with Crippen molar-refractivity contribution in [2.45, 2.75) is 51.0 Å². The van der Waals surface area contributed by atoms with E-state index in [2.05, 4.69) is 33.9 Å². The third-order valence-electron chi connectivity index (χ3n) is 5.40. The van der Waals surface area contributed by atoms with Gasteiger partial charge in [0.25, 0.3) is 0 Å². The lowest BCUT2D eigenvalue weighted by atomic mass is 9.98. The van der Waals surface area contributed by atoms with E-state index in [9.17, 15) is 9.90 Å². The van der Waals surface area contributed by atoms with Gasteiger partial charge in [-0.3, -0.25) is 4.90 Å². The number of aliphatic hydroxyl groups excluding tert-OH is 1. The molecule has 1 N–H and O–H groups in total. The number of nitrogens with zero attached hydrogens (tertiary/aromatic N) is 1. The maximum Gasteiger partial charge on any atom is 0.412 e. The van der Waals surface area contributed by atoms with Crippen LogP contribution in [-0.2, 0) is 9.16 Å². The largest absolute Gasteiger partial charge is 0.496 e. The van der Waals surface area contributed by atoms with Gasteiger partial charge in [0.05, 0.1) is 7.11 Å². The molecule has 1 amide bonds. The molecule has 1 aromatic carbocycles. The molecule has 1 saturated heterocycles. The van der Waals surface area contributed by atoms with Crippen LogP contribution < -0.4 is 4.74 Å². The lowest BCUT2D eigenvalue weighted by Gasteiger charge is -2.38. The van der Waals surface area contributed by atoms with Crippen LogP contribution in [0.15, 0.2) is 24.3 Å². The first kappa shape index (κ1) is 20.7. The summed E-state index contributed by atoms with van der Waals surface area (Å²) in [5, 5.41) is 10.1. The predicted molar refractivity (Wildman–Crippen MR) is 103 cm³/mol. The minimum atomic E-state index is -1.96. The van der Waals surface area contributed by atoms with Gasteiger partial charge in [0.2, 0.25) is 0 Å². The molecule has 1 aromatic rings. The molecule has 7 heteroatoms. The Morgan fingerprint density at radius 2 is 2.00 bits per heavy atom. The van der Waals surface area contributed by atoms with Gasteiger partial charge in [0.15, 0.2) is 14.5 Å². The molecule has 0 aromatic heterocycles. The topological polar surface area (TPSA) is 68.2 Å². The third kappa shape index (κ3) is 4.58. The molecule has 146 valence electrons. The Hall–Kier alpha value is -1.57. The molecule has 0 radical (unpaired) electrons. The molecule has 0 saturated carbocycles. The van der Waals surface area contributed by atoms with Crippen LogP contribution in [0, 0.1) is 0 Å². The zero-order valence-electron chi connectivity index (χ0n) is 16.6. The molecule has 1 fully saturated rings. The highest BCUT2D eigenvalue weighted by Gasteiger charge is 2.39. The van der Waals surface area contributed by atoms with E-state index >= 15 is 0 Å². The van der Waals surface area contributed by atoms with Gasteiger partial charge < -0.3 is 19.0 Å². The Bertz CT molecular complexity index is 629. The highest BCUT2D eigenvalue weighted by molar-refractivity contribution is 6.74. The number of aliphatic hydroxyl groups is 1. The summed E-state index contributed by atoms with van der Waals surface area (Å²) in [6.07, 6.45) is -1.42. The van der Waals surface area contributed by atoms with Crippen molar-refractivity contribution in [1.82, 2.24) is 4.90 Å². The second-order valence-electron chi connectivity index (χ2n) is 8.22. The lowest BCUT2D eigenvalue weighted by Crippen LogP contribution is -2.43. The smallest absolute Gasteiger partial charge is 0.412 e. The Labute approximate surface area is 157 Å². The van der Waals surface area contributed by atoms with Crippen molar-refractivity contribution in [2.75, 3.05) is 26.9 Å². The Morgan fingerprint density at radius 3 is 2.54 bits per heavy atom. The number of hydrogen-bond acceptors (Lipinski definition) is 5. The summed E-state index contributed by atoms with van der Waals surface area (Å²) >= 11 is 0. The van der Waals surface area contributed by atoms with E-state index in [1.807, 2.05) is 24.3 Å². The van der Waals surface area contributed by atoms with Crippen molar-refractivity contribution >= 4 is 14.4 Å². The molecule has 6 nitrogen and oxygen atoms in total. The average Bonchev–Trinajstić information content (AvgIpc) is 2.89. The third-order valence-corrected chi connectivity index (χ3v) is 9.90. The number of cyclic esters (lactones) is 1. The number of carbonyl (C=O) groups is 1. The van der Waals surface area contributed by atoms with Crippen LogP contribution in [0.25, 0.3) is 0 Å². The van der Waals surface area contributed by atoms with E-state index in [-0.39, 0.29) is 17.6 Å². The van der Waals surface area contributed by atoms with E-state index in [4.69, 9.17) is 13.9 Å². The number of para-hydroxylation sites is 1. The van der Waals surface area contributed by atoms with Gasteiger partial charge >= 0.3 is 6.09 Å². The van der Waals surface area contributed by atoms with E-state index < -0.39 is 20.6 Å². The maximum atomic E-state index is 11.9. The second kappa shape index (κ2) is 7.98. The number of amides is 1. The molecule has 0 spiro atoms. The number of benzene rings is 1. The standard InChI is InChI=1S/C19H31NO5Si/c1-19(2,3)26(5,6)25-12-14(11-20-17(21)13-24-18(20)22)15-9-7-8-10-16(15)23-4/h7-10,14,17,21H,11-13H2,1-6H3. The quantitative estimate of drug-likeness (QED) is 0.731. The molecule has 1 aliphatic rings. The second-order valence-corrected chi connectivity index (χ2v) is 13.0. The molecule has 2 unspecified atom stereocenters. The number of methoxy groups -OCH3 is 1. The van der Waals surface area contributed by atoms with Gasteiger partial charge in [0, 0.05) is 24.6 Å². The maximum absolute atomic E-state index is 11.9. The number of carbonyl (C=O) groups excluding carboxylic acids is 1. The Balaban J connectivity index is 2.25. The average molecular weight is 382 g/mol. The molecule has 26 heavy (non-hydrogen) atoms. The summed E-state index contributed by atoms with van der Waals surface area (Å²) in [7, 11) is -0.327. The van der Waals surface area contributed by atoms with Crippen molar-refractivity contribution in [2.24, 2.45) is 0 Å². The van der Waals surface area contributed by atoms with Crippen molar-refractivity contribution in [3.8, 4) is 5.75 Å². The fourth-order valence-electron chi connectivity index (χ4n) is 2.64. The molecular weight excluding hydrogens is 350 g/mol. The summed E-state index contributed by atoms with van der Waals surface area (Å²) < 4.78 is 16.9. The van der Waals surface area contributed by atoms with Crippen molar-refractivity contribution < 1.29 is 23.8 Å². The van der Waals surface area contributed by atoms with Crippen LogP contribution in [0.1, 0.15) is 32.3 Å². The Morgan fingerprint density at radius 1 is 1.35 bits per heavy atom. The van der Waals surface area contributed by atoms with Crippen molar-refractivity contribution in [1.29, 1.82) is 0 Å². The van der Waals surface area contributed by atoms with Crippen molar-refractivity contribution in [3.63, 3.8) is 0 Å². The SMILES string of the molecule is COc1ccccc1C(CO[Si](C)(C)C(C)(C)C)CN1C(=O)OCC1O. The molecule has 0 bridgehead atoms. The van der Waals surface area contributed by atoms with Crippen LogP contribution in [-0.4, -0.2) is 57.5 Å². The Kier molecular flexibility index (Phi) is 6.36. The highest BCUT2D eigenvalue weighted by atomic mass is 28.4. The molecule has 0 aliphatic carbocycles. The zero-order valence-corrected chi connectivity index (χ0v) is 17.6. The predicted octanol–water partition coefficient (Wildman–Crippen LogP) is 3.57. The van der Waals surface area contributed by atoms with E-state index in [1.54, 1.807) is 7.11 Å². The highest BCUT2D eigenvalue weighted by Crippen LogP contribution is 2.38. The lowest BCUT2D eigenvalue weighted by molar-refractivity contribution is 0.0522. The summed E-state index contributed by atoms with van der Waals surface area (Å²) in [5.74, 6) is 0.624. The van der Waals surface area contributed by atoms with Gasteiger partial charge in [-0.2, -0.15) is 0 Å². The van der Waals surface area contributed by atoms with E-state index in [0.29, 0.717) is 13.2 Å². The fourth-order valence-corrected chi connectivity index (χ4v) is 3.69. The summed E-state index contributed by atoms with van der Waals surface area (Å²) in [6.45, 7) is 11.7. The molecule has 1 aliphatic heterocycles. The first-order valence-electron chi connectivity index (χ1n) is 8.95. The van der Waals surface area contributed by atoms with Crippen LogP contribution in [0.2, 0.25) is 18.1 Å². The number of hydrogen-bond donors (Lipinski definition) is 1. The van der Waals surface area contributed by atoms with Crippen molar-refractivity contribution in [3.05, 3.63) is 29.8 Å². The van der Waals surface area contributed by atoms with Crippen LogP contribution >= 0.6 is 0 Å². The first-order chi connectivity index (χ1) is 12.1. The molecular formula is C19H31NO5Si. The molecule has 2 atom stereocenters. The first-order valence-corrected chi connectivity index (χ1v) is 11.9. The van der Waals surface area contributed by atoms with Gasteiger partial charge in [-0.1, -0.05) is 39.0 Å². The van der Waals surface area contributed by atoms with E-state index in [0.717, 1.165) is 11.3 Å². The molecule has 1 heterocycles. The van der Waals surface area contributed by atoms with Crippen LogP contribution in [0.4, 0.5) is 4.79 Å². The summed E-state index contributed by atoms with van der Waals surface area (Å²) in [4.78, 5) is 13.3. The fraction of sp³-hybridized carbons (Fsp3) is 0.632. The summed E-state index contributed by atoms with van der Waals surface area (Å²) in [6, 6.07) is 7.72. The normalized spacial score (nSPS) is 19.4. The minimum Gasteiger partial charge on any atom is -0.496 e. The van der Waals surface area contributed by atoms with Gasteiger partial charge in [-0.15, -0.1) is 0 Å².